The van der Waals surface area contributed by atoms with Gasteiger partial charge in [-0.25, -0.2) is 17.8 Å². The summed E-state index contributed by atoms with van der Waals surface area (Å²) in [4.78, 5) is 18.3. The van der Waals surface area contributed by atoms with Crippen LogP contribution in [-0.4, -0.2) is 60.7 Å². The first-order chi connectivity index (χ1) is 15.0. The molecule has 11 heteroatoms. The quantitative estimate of drug-likeness (QED) is 0.622. The van der Waals surface area contributed by atoms with Crippen molar-refractivity contribution in [3.63, 3.8) is 0 Å². The summed E-state index contributed by atoms with van der Waals surface area (Å²) >= 11 is 5.79. The average Bonchev–Trinajstić information content (AvgIpc) is 3.12. The van der Waals surface area contributed by atoms with E-state index >= 15 is 0 Å². The van der Waals surface area contributed by atoms with E-state index in [1.807, 2.05) is 11.9 Å². The number of pyridine rings is 1. The molecule has 2 aliphatic heterocycles. The highest BCUT2D eigenvalue weighted by atomic mass is 35.5. The summed E-state index contributed by atoms with van der Waals surface area (Å²) < 4.78 is 40.2. The molecule has 0 saturated carbocycles. The van der Waals surface area contributed by atoms with Gasteiger partial charge in [0.1, 0.15) is 22.1 Å². The summed E-state index contributed by atoms with van der Waals surface area (Å²) in [5.41, 5.74) is -0.921. The van der Waals surface area contributed by atoms with E-state index in [1.165, 1.54) is 30.5 Å². The van der Waals surface area contributed by atoms with Gasteiger partial charge in [-0.3, -0.25) is 10.2 Å². The minimum Gasteiger partial charge on any atom is -0.362 e. The van der Waals surface area contributed by atoms with Gasteiger partial charge >= 0.3 is 0 Å². The van der Waals surface area contributed by atoms with Gasteiger partial charge in [-0.2, -0.15) is 0 Å². The Bertz CT molecular complexity index is 1210. The van der Waals surface area contributed by atoms with Crippen molar-refractivity contribution >= 4 is 38.9 Å². The Morgan fingerprint density at radius 1 is 1.34 bits per heavy atom. The highest BCUT2D eigenvalue weighted by molar-refractivity contribution is 7.93. The molecule has 1 unspecified atom stereocenters. The van der Waals surface area contributed by atoms with Gasteiger partial charge in [-0.1, -0.05) is 11.6 Å². The molecule has 2 atom stereocenters. The van der Waals surface area contributed by atoms with E-state index in [1.54, 1.807) is 6.92 Å². The van der Waals surface area contributed by atoms with Crippen LogP contribution in [0.2, 0.25) is 5.02 Å². The first-order valence-corrected chi connectivity index (χ1v) is 12.0. The van der Waals surface area contributed by atoms with E-state index in [0.29, 0.717) is 18.0 Å². The molecule has 0 aliphatic carbocycles. The highest BCUT2D eigenvalue weighted by Crippen LogP contribution is 2.40. The molecular formula is C21H23ClFN5O3S. The Kier molecular flexibility index (Phi) is 5.51. The summed E-state index contributed by atoms with van der Waals surface area (Å²) in [6.07, 6.45) is 1.66. The zero-order chi connectivity index (χ0) is 23.3. The molecule has 2 aromatic rings. The topological polar surface area (TPSA) is 115 Å². The molecule has 1 aromatic carbocycles. The number of amides is 1. The van der Waals surface area contributed by atoms with Gasteiger partial charge in [0.05, 0.1) is 16.3 Å². The first-order valence-electron chi connectivity index (χ1n) is 9.97. The summed E-state index contributed by atoms with van der Waals surface area (Å²) in [6.45, 7) is 2.34. The number of halogens is 2. The summed E-state index contributed by atoms with van der Waals surface area (Å²) in [7, 11) is -1.95. The summed E-state index contributed by atoms with van der Waals surface area (Å²) in [5.74, 6) is -1.65. The molecule has 8 nitrogen and oxygen atoms in total. The minimum atomic E-state index is -3.77. The number of anilines is 1. The third kappa shape index (κ3) is 3.76. The molecule has 0 bridgehead atoms. The Balaban J connectivity index is 1.64. The van der Waals surface area contributed by atoms with E-state index < -0.39 is 31.8 Å². The van der Waals surface area contributed by atoms with Crippen LogP contribution >= 0.6 is 11.6 Å². The van der Waals surface area contributed by atoms with Crippen molar-refractivity contribution in [2.75, 3.05) is 31.2 Å². The molecule has 3 heterocycles. The molecule has 4 rings (SSSR count). The number of rotatable bonds is 3. The summed E-state index contributed by atoms with van der Waals surface area (Å²) in [5, 5.41) is 14.5. The second-order valence-corrected chi connectivity index (χ2v) is 11.3. The molecule has 0 radical (unpaired) electrons. The predicted molar refractivity (Wildman–Crippen MR) is 120 cm³/mol. The first kappa shape index (κ1) is 22.6. The smallest absolute Gasteiger partial charge is 0.274 e. The van der Waals surface area contributed by atoms with E-state index in [0.717, 1.165) is 6.07 Å². The lowest BCUT2D eigenvalue weighted by molar-refractivity contribution is 0.102. The largest absolute Gasteiger partial charge is 0.362 e. The monoisotopic (exact) mass is 479 g/mol. The van der Waals surface area contributed by atoms with E-state index in [9.17, 15) is 17.6 Å². The number of benzene rings is 1. The zero-order valence-corrected chi connectivity index (χ0v) is 19.1. The maximum atomic E-state index is 14.9. The van der Waals surface area contributed by atoms with Gasteiger partial charge < -0.3 is 15.5 Å². The van der Waals surface area contributed by atoms with Crippen LogP contribution in [0.25, 0.3) is 0 Å². The number of carbonyl (C=O) groups excluding carboxylic acids is 1. The Morgan fingerprint density at radius 2 is 2.09 bits per heavy atom. The fourth-order valence-electron chi connectivity index (χ4n) is 4.40. The number of hydrogen-bond acceptors (Lipinski definition) is 6. The SMILES string of the molecule is CN1CCC2(C1)C(=N)N[C@](C)(c1cc(NC(=O)c3ccc(Cl)cn3)ccc1F)CS2(=O)=O. The van der Waals surface area contributed by atoms with E-state index in [-0.39, 0.29) is 35.1 Å². The average molecular weight is 480 g/mol. The normalized spacial score (nSPS) is 27.3. The number of sulfone groups is 1. The van der Waals surface area contributed by atoms with Crippen LogP contribution in [0.1, 0.15) is 29.4 Å². The fourth-order valence-corrected chi connectivity index (χ4v) is 6.96. The number of carbonyl (C=O) groups is 1. The van der Waals surface area contributed by atoms with E-state index in [2.05, 4.69) is 15.6 Å². The summed E-state index contributed by atoms with van der Waals surface area (Å²) in [6, 6.07) is 6.91. The number of likely N-dealkylation sites (tertiary alicyclic amines) is 1. The number of amidine groups is 1. The van der Waals surface area contributed by atoms with Crippen molar-refractivity contribution in [1.82, 2.24) is 15.2 Å². The van der Waals surface area contributed by atoms with Crippen LogP contribution in [0.15, 0.2) is 36.5 Å². The van der Waals surface area contributed by atoms with Gasteiger partial charge in [-0.15, -0.1) is 0 Å². The molecule has 3 N–H and O–H groups in total. The van der Waals surface area contributed by atoms with Crippen LogP contribution in [0.5, 0.6) is 0 Å². The van der Waals surface area contributed by atoms with Crippen molar-refractivity contribution < 1.29 is 17.6 Å². The van der Waals surface area contributed by atoms with Crippen molar-refractivity contribution in [2.24, 2.45) is 0 Å². The molecule has 1 amide bonds. The minimum absolute atomic E-state index is 0.0499. The number of hydrogen-bond donors (Lipinski definition) is 3. The van der Waals surface area contributed by atoms with Crippen LogP contribution in [0.4, 0.5) is 10.1 Å². The van der Waals surface area contributed by atoms with Crippen LogP contribution in [0, 0.1) is 11.2 Å². The van der Waals surface area contributed by atoms with Crippen molar-refractivity contribution in [3.05, 3.63) is 58.6 Å². The van der Waals surface area contributed by atoms with Gasteiger partial charge in [0, 0.05) is 24.0 Å². The number of aromatic nitrogens is 1. The van der Waals surface area contributed by atoms with Crippen LogP contribution in [0.3, 0.4) is 0 Å². The molecular weight excluding hydrogens is 457 g/mol. The third-order valence-electron chi connectivity index (χ3n) is 6.13. The molecule has 2 saturated heterocycles. The Hall–Kier alpha value is -2.56. The predicted octanol–water partition coefficient (Wildman–Crippen LogP) is 2.41. The molecule has 2 aliphatic rings. The van der Waals surface area contributed by atoms with E-state index in [4.69, 9.17) is 17.0 Å². The lowest BCUT2D eigenvalue weighted by atomic mass is 9.90. The fraction of sp³-hybridized carbons (Fsp3) is 0.381. The Morgan fingerprint density at radius 3 is 2.69 bits per heavy atom. The van der Waals surface area contributed by atoms with Crippen molar-refractivity contribution in [3.8, 4) is 0 Å². The van der Waals surface area contributed by atoms with Gasteiger partial charge in [0.25, 0.3) is 5.91 Å². The molecule has 1 spiro atoms. The third-order valence-corrected chi connectivity index (χ3v) is 9.04. The highest BCUT2D eigenvalue weighted by Gasteiger charge is 2.58. The molecule has 1 aromatic heterocycles. The second kappa shape index (κ2) is 7.79. The Labute approximate surface area is 190 Å². The lowest BCUT2D eigenvalue weighted by Crippen LogP contribution is -2.67. The standard InChI is InChI=1S/C21H23ClFN5O3S/c1-20(12-32(30,31)21(19(24)27-20)7-8-28(2)11-21)15-9-14(4-5-16(15)23)26-18(29)17-6-3-13(22)10-25-17/h3-6,9-10H,7-8,11-12H2,1-2H3,(H2,24,27)(H,26,29)/t20-,21?/m0/s1. The molecule has 2 fully saturated rings. The second-order valence-electron chi connectivity index (χ2n) is 8.58. The molecule has 32 heavy (non-hydrogen) atoms. The van der Waals surface area contributed by atoms with Gasteiger partial charge in [-0.05, 0) is 57.3 Å². The number of nitrogens with one attached hydrogen (secondary N) is 3. The van der Waals surface area contributed by atoms with Crippen molar-refractivity contribution in [1.29, 1.82) is 5.41 Å². The number of nitrogens with zero attached hydrogens (tertiary/aromatic N) is 2. The van der Waals surface area contributed by atoms with Gasteiger partial charge in [0.15, 0.2) is 9.84 Å². The van der Waals surface area contributed by atoms with Crippen LogP contribution < -0.4 is 10.6 Å². The molecule has 170 valence electrons. The van der Waals surface area contributed by atoms with Crippen LogP contribution in [-0.2, 0) is 15.4 Å². The maximum absolute atomic E-state index is 14.9. The maximum Gasteiger partial charge on any atom is 0.274 e. The zero-order valence-electron chi connectivity index (χ0n) is 17.6. The van der Waals surface area contributed by atoms with Crippen molar-refractivity contribution in [2.45, 2.75) is 23.6 Å². The van der Waals surface area contributed by atoms with Gasteiger partial charge in [0.2, 0.25) is 0 Å². The lowest BCUT2D eigenvalue weighted by Gasteiger charge is -2.44.